The standard InChI is InChI=1S/C13H18N6O/c14-11-5-10(6-12(15)7-11)13-16-17-18-19(13)8-9-1-3-20-4-2-9/h5-7,9H,1-4,8,14-15H2. The van der Waals surface area contributed by atoms with Gasteiger partial charge in [-0.3, -0.25) is 0 Å². The molecular formula is C13H18N6O. The van der Waals surface area contributed by atoms with Crippen molar-refractivity contribution in [3.8, 4) is 11.4 Å². The first-order valence-corrected chi connectivity index (χ1v) is 6.72. The highest BCUT2D eigenvalue weighted by atomic mass is 16.5. The summed E-state index contributed by atoms with van der Waals surface area (Å²) in [6.45, 7) is 2.42. The Morgan fingerprint density at radius 2 is 1.85 bits per heavy atom. The third-order valence-electron chi connectivity index (χ3n) is 3.54. The van der Waals surface area contributed by atoms with Gasteiger partial charge in [-0.2, -0.15) is 0 Å². The van der Waals surface area contributed by atoms with E-state index in [4.69, 9.17) is 16.2 Å². The number of ether oxygens (including phenoxy) is 1. The van der Waals surface area contributed by atoms with Crippen molar-refractivity contribution in [3.63, 3.8) is 0 Å². The number of benzene rings is 1. The summed E-state index contributed by atoms with van der Waals surface area (Å²) in [6, 6.07) is 5.39. The van der Waals surface area contributed by atoms with Crippen LogP contribution in [-0.2, 0) is 11.3 Å². The summed E-state index contributed by atoms with van der Waals surface area (Å²) in [4.78, 5) is 0. The zero-order chi connectivity index (χ0) is 13.9. The van der Waals surface area contributed by atoms with E-state index in [2.05, 4.69) is 15.5 Å². The summed E-state index contributed by atoms with van der Waals surface area (Å²) >= 11 is 0. The Morgan fingerprint density at radius 3 is 2.55 bits per heavy atom. The first kappa shape index (κ1) is 12.9. The van der Waals surface area contributed by atoms with Crippen molar-refractivity contribution in [1.82, 2.24) is 20.2 Å². The topological polar surface area (TPSA) is 105 Å². The predicted octanol–water partition coefficient (Wildman–Crippen LogP) is 0.931. The maximum atomic E-state index is 5.83. The molecule has 1 aromatic heterocycles. The van der Waals surface area contributed by atoms with E-state index < -0.39 is 0 Å². The number of nitrogen functional groups attached to an aromatic ring is 2. The molecule has 0 spiro atoms. The SMILES string of the molecule is Nc1cc(N)cc(-c2nnnn2CC2CCOCC2)c1. The summed E-state index contributed by atoms with van der Waals surface area (Å²) in [7, 11) is 0. The van der Waals surface area contributed by atoms with Gasteiger partial charge in [0.1, 0.15) is 0 Å². The van der Waals surface area contributed by atoms with Crippen LogP contribution < -0.4 is 11.5 Å². The van der Waals surface area contributed by atoms with Crippen LogP contribution in [0.15, 0.2) is 18.2 Å². The molecule has 1 fully saturated rings. The van der Waals surface area contributed by atoms with E-state index in [1.54, 1.807) is 6.07 Å². The van der Waals surface area contributed by atoms with Crippen molar-refractivity contribution in [2.45, 2.75) is 19.4 Å². The molecule has 20 heavy (non-hydrogen) atoms. The largest absolute Gasteiger partial charge is 0.399 e. The van der Waals surface area contributed by atoms with Gasteiger partial charge in [-0.25, -0.2) is 4.68 Å². The van der Waals surface area contributed by atoms with Crippen molar-refractivity contribution in [2.75, 3.05) is 24.7 Å². The summed E-state index contributed by atoms with van der Waals surface area (Å²) in [6.07, 6.45) is 2.08. The third kappa shape index (κ3) is 2.72. The molecule has 2 heterocycles. The highest BCUT2D eigenvalue weighted by Gasteiger charge is 2.18. The molecule has 0 radical (unpaired) electrons. The van der Waals surface area contributed by atoms with Gasteiger partial charge >= 0.3 is 0 Å². The molecule has 3 rings (SSSR count). The fourth-order valence-corrected chi connectivity index (χ4v) is 2.51. The van der Waals surface area contributed by atoms with Crippen LogP contribution in [0.1, 0.15) is 12.8 Å². The van der Waals surface area contributed by atoms with E-state index in [0.29, 0.717) is 23.1 Å². The minimum Gasteiger partial charge on any atom is -0.399 e. The van der Waals surface area contributed by atoms with Crippen molar-refractivity contribution >= 4 is 11.4 Å². The minimum atomic E-state index is 0.546. The van der Waals surface area contributed by atoms with Gasteiger partial charge < -0.3 is 16.2 Å². The average molecular weight is 274 g/mol. The van der Waals surface area contributed by atoms with E-state index >= 15 is 0 Å². The lowest BCUT2D eigenvalue weighted by Gasteiger charge is -2.21. The summed E-state index contributed by atoms with van der Waals surface area (Å²) in [5, 5.41) is 11.9. The summed E-state index contributed by atoms with van der Waals surface area (Å²) in [5.74, 6) is 1.25. The molecule has 7 nitrogen and oxygen atoms in total. The number of nitrogens with two attached hydrogens (primary N) is 2. The molecule has 0 atom stereocenters. The van der Waals surface area contributed by atoms with E-state index in [9.17, 15) is 0 Å². The number of nitrogens with zero attached hydrogens (tertiary/aromatic N) is 4. The second-order valence-corrected chi connectivity index (χ2v) is 5.13. The zero-order valence-corrected chi connectivity index (χ0v) is 11.2. The molecule has 2 aromatic rings. The molecule has 1 aliphatic rings. The molecule has 0 aliphatic carbocycles. The number of anilines is 2. The Kier molecular flexibility index (Phi) is 3.51. The molecule has 0 unspecified atom stereocenters. The van der Waals surface area contributed by atoms with E-state index in [1.807, 2.05) is 16.8 Å². The van der Waals surface area contributed by atoms with Gasteiger partial charge in [0.25, 0.3) is 0 Å². The van der Waals surface area contributed by atoms with Crippen LogP contribution in [0, 0.1) is 5.92 Å². The number of tetrazole rings is 1. The van der Waals surface area contributed by atoms with Gasteiger partial charge in [0.2, 0.25) is 0 Å². The first-order chi connectivity index (χ1) is 9.72. The highest BCUT2D eigenvalue weighted by molar-refractivity contribution is 5.67. The molecule has 106 valence electrons. The first-order valence-electron chi connectivity index (χ1n) is 6.72. The van der Waals surface area contributed by atoms with Crippen molar-refractivity contribution in [3.05, 3.63) is 18.2 Å². The molecule has 0 bridgehead atoms. The number of hydrogen-bond donors (Lipinski definition) is 2. The van der Waals surface area contributed by atoms with Crippen LogP contribution in [0.2, 0.25) is 0 Å². The van der Waals surface area contributed by atoms with Gasteiger partial charge in [-0.05, 0) is 47.4 Å². The molecule has 7 heteroatoms. The maximum Gasteiger partial charge on any atom is 0.182 e. The fraction of sp³-hybridized carbons (Fsp3) is 0.462. The minimum absolute atomic E-state index is 0.546. The predicted molar refractivity (Wildman–Crippen MR) is 75.6 cm³/mol. The van der Waals surface area contributed by atoms with Gasteiger partial charge in [0.15, 0.2) is 5.82 Å². The highest BCUT2D eigenvalue weighted by Crippen LogP contribution is 2.24. The lowest BCUT2D eigenvalue weighted by molar-refractivity contribution is 0.0601. The van der Waals surface area contributed by atoms with E-state index in [1.165, 1.54) is 0 Å². The monoisotopic (exact) mass is 274 g/mol. The normalized spacial score (nSPS) is 16.4. The molecule has 4 N–H and O–H groups in total. The van der Waals surface area contributed by atoms with Crippen LogP contribution in [-0.4, -0.2) is 33.4 Å². The Balaban J connectivity index is 1.85. The molecule has 1 aromatic carbocycles. The van der Waals surface area contributed by atoms with Gasteiger partial charge in [-0.1, -0.05) is 0 Å². The smallest absolute Gasteiger partial charge is 0.182 e. The van der Waals surface area contributed by atoms with E-state index in [-0.39, 0.29) is 0 Å². The van der Waals surface area contributed by atoms with Crippen LogP contribution in [0.3, 0.4) is 0 Å². The molecule has 0 amide bonds. The van der Waals surface area contributed by atoms with Crippen molar-refractivity contribution < 1.29 is 4.74 Å². The quantitative estimate of drug-likeness (QED) is 0.807. The Bertz CT molecular complexity index is 570. The Hall–Kier alpha value is -2.15. The number of hydrogen-bond acceptors (Lipinski definition) is 6. The Morgan fingerprint density at radius 1 is 1.15 bits per heavy atom. The second-order valence-electron chi connectivity index (χ2n) is 5.13. The van der Waals surface area contributed by atoms with Gasteiger partial charge in [-0.15, -0.1) is 5.10 Å². The zero-order valence-electron chi connectivity index (χ0n) is 11.2. The summed E-state index contributed by atoms with van der Waals surface area (Å²) in [5.41, 5.74) is 13.7. The van der Waals surface area contributed by atoms with Gasteiger partial charge in [0.05, 0.1) is 0 Å². The van der Waals surface area contributed by atoms with E-state index in [0.717, 1.165) is 38.2 Å². The molecule has 0 saturated carbocycles. The maximum absolute atomic E-state index is 5.83. The van der Waals surface area contributed by atoms with Crippen LogP contribution in [0.5, 0.6) is 0 Å². The summed E-state index contributed by atoms with van der Waals surface area (Å²) < 4.78 is 7.19. The van der Waals surface area contributed by atoms with Crippen LogP contribution in [0.4, 0.5) is 11.4 Å². The third-order valence-corrected chi connectivity index (χ3v) is 3.54. The molecule has 1 aliphatic heterocycles. The van der Waals surface area contributed by atoms with Crippen molar-refractivity contribution in [1.29, 1.82) is 0 Å². The molecular weight excluding hydrogens is 256 g/mol. The fourth-order valence-electron chi connectivity index (χ4n) is 2.51. The second kappa shape index (κ2) is 5.46. The molecule has 1 saturated heterocycles. The van der Waals surface area contributed by atoms with Crippen LogP contribution in [0.25, 0.3) is 11.4 Å². The van der Waals surface area contributed by atoms with Crippen LogP contribution >= 0.6 is 0 Å². The lowest BCUT2D eigenvalue weighted by Crippen LogP contribution is -2.21. The number of aromatic nitrogens is 4. The lowest BCUT2D eigenvalue weighted by atomic mass is 10.0. The van der Waals surface area contributed by atoms with Crippen molar-refractivity contribution in [2.24, 2.45) is 5.92 Å². The number of rotatable bonds is 3. The average Bonchev–Trinajstić information content (AvgIpc) is 2.87. The Labute approximate surface area is 116 Å². The van der Waals surface area contributed by atoms with Gasteiger partial charge in [0, 0.05) is 36.7 Å².